The SMILES string of the molecule is Cc1ccsc1-c1cn2c(CC(=O)O)csc2n1. The molecule has 0 atom stereocenters. The summed E-state index contributed by atoms with van der Waals surface area (Å²) >= 11 is 3.13. The van der Waals surface area contributed by atoms with Gasteiger partial charge in [0.15, 0.2) is 4.96 Å². The Hall–Kier alpha value is -1.66. The minimum absolute atomic E-state index is 0.0270. The number of hydrogen-bond acceptors (Lipinski definition) is 4. The highest BCUT2D eigenvalue weighted by Gasteiger charge is 2.13. The van der Waals surface area contributed by atoms with Gasteiger partial charge < -0.3 is 5.11 Å². The second-order valence-electron chi connectivity index (χ2n) is 4.01. The van der Waals surface area contributed by atoms with Crippen molar-refractivity contribution in [2.45, 2.75) is 13.3 Å². The molecule has 6 heteroatoms. The van der Waals surface area contributed by atoms with Crippen molar-refractivity contribution in [3.63, 3.8) is 0 Å². The average Bonchev–Trinajstić information content (AvgIpc) is 2.94. The van der Waals surface area contributed by atoms with E-state index in [0.29, 0.717) is 0 Å². The third-order valence-electron chi connectivity index (χ3n) is 2.71. The third kappa shape index (κ3) is 1.83. The molecule has 0 amide bonds. The van der Waals surface area contributed by atoms with Crippen LogP contribution in [-0.4, -0.2) is 20.5 Å². The van der Waals surface area contributed by atoms with Gasteiger partial charge in [-0.1, -0.05) is 0 Å². The van der Waals surface area contributed by atoms with Gasteiger partial charge in [0.1, 0.15) is 5.69 Å². The van der Waals surface area contributed by atoms with Crippen LogP contribution in [0.5, 0.6) is 0 Å². The van der Waals surface area contributed by atoms with Crippen LogP contribution in [0.2, 0.25) is 0 Å². The molecule has 0 aliphatic rings. The maximum Gasteiger partial charge on any atom is 0.309 e. The first-order valence-corrected chi connectivity index (χ1v) is 7.13. The number of aliphatic carboxylic acids is 1. The van der Waals surface area contributed by atoms with E-state index in [-0.39, 0.29) is 6.42 Å². The summed E-state index contributed by atoms with van der Waals surface area (Å²) in [4.78, 5) is 17.3. The van der Waals surface area contributed by atoms with Crippen LogP contribution in [0, 0.1) is 6.92 Å². The van der Waals surface area contributed by atoms with Crippen LogP contribution in [0.3, 0.4) is 0 Å². The average molecular weight is 278 g/mol. The van der Waals surface area contributed by atoms with Crippen LogP contribution in [0.4, 0.5) is 0 Å². The van der Waals surface area contributed by atoms with E-state index in [2.05, 4.69) is 18.0 Å². The summed E-state index contributed by atoms with van der Waals surface area (Å²) in [5.41, 5.74) is 2.89. The monoisotopic (exact) mass is 278 g/mol. The number of carboxylic acids is 1. The maximum atomic E-state index is 10.8. The lowest BCUT2D eigenvalue weighted by atomic mass is 10.2. The summed E-state index contributed by atoms with van der Waals surface area (Å²) in [6.07, 6.45) is 1.95. The molecule has 0 bridgehead atoms. The van der Waals surface area contributed by atoms with Crippen LogP contribution in [0.15, 0.2) is 23.0 Å². The van der Waals surface area contributed by atoms with Gasteiger partial charge in [0, 0.05) is 17.3 Å². The van der Waals surface area contributed by atoms with Gasteiger partial charge in [0.2, 0.25) is 0 Å². The standard InChI is InChI=1S/C12H10N2O2S2/c1-7-2-3-17-11(7)9-5-14-8(4-10(15)16)6-18-12(14)13-9/h2-3,5-6H,4H2,1H3,(H,15,16). The third-order valence-corrected chi connectivity index (χ3v) is 4.64. The molecule has 18 heavy (non-hydrogen) atoms. The highest BCUT2D eigenvalue weighted by Crippen LogP contribution is 2.30. The Morgan fingerprint density at radius 2 is 2.33 bits per heavy atom. The zero-order chi connectivity index (χ0) is 12.7. The van der Waals surface area contributed by atoms with Crippen molar-refractivity contribution in [2.24, 2.45) is 0 Å². The molecular formula is C12H10N2O2S2. The zero-order valence-corrected chi connectivity index (χ0v) is 11.2. The van der Waals surface area contributed by atoms with E-state index in [0.717, 1.165) is 21.2 Å². The Labute approximate surface area is 111 Å². The molecule has 0 spiro atoms. The Kier molecular flexibility index (Phi) is 2.68. The molecule has 0 aromatic carbocycles. The van der Waals surface area contributed by atoms with Crippen molar-refractivity contribution in [2.75, 3.05) is 0 Å². The number of aryl methyl sites for hydroxylation is 1. The van der Waals surface area contributed by atoms with Gasteiger partial charge in [-0.25, -0.2) is 4.98 Å². The quantitative estimate of drug-likeness (QED) is 0.801. The number of hydrogen-bond donors (Lipinski definition) is 1. The zero-order valence-electron chi connectivity index (χ0n) is 9.58. The van der Waals surface area contributed by atoms with Crippen LogP contribution in [0.25, 0.3) is 15.5 Å². The molecule has 0 saturated heterocycles. The van der Waals surface area contributed by atoms with Crippen molar-refractivity contribution < 1.29 is 9.90 Å². The second-order valence-corrected chi connectivity index (χ2v) is 5.76. The molecular weight excluding hydrogens is 268 g/mol. The first-order valence-electron chi connectivity index (χ1n) is 5.37. The lowest BCUT2D eigenvalue weighted by molar-refractivity contribution is -0.136. The van der Waals surface area contributed by atoms with Gasteiger partial charge in [-0.2, -0.15) is 0 Å². The summed E-state index contributed by atoms with van der Waals surface area (Å²) in [6, 6.07) is 2.06. The van der Waals surface area contributed by atoms with Gasteiger partial charge in [0.05, 0.1) is 11.3 Å². The highest BCUT2D eigenvalue weighted by molar-refractivity contribution is 7.15. The fraction of sp³-hybridized carbons (Fsp3) is 0.167. The van der Waals surface area contributed by atoms with Crippen LogP contribution in [-0.2, 0) is 11.2 Å². The number of imidazole rings is 1. The summed E-state index contributed by atoms with van der Waals surface area (Å²) < 4.78 is 1.87. The fourth-order valence-corrected chi connectivity index (χ4v) is 3.61. The first-order chi connectivity index (χ1) is 8.65. The van der Waals surface area contributed by atoms with E-state index >= 15 is 0 Å². The molecule has 1 N–H and O–H groups in total. The number of rotatable bonds is 3. The molecule has 3 rings (SSSR count). The normalized spacial score (nSPS) is 11.2. The van der Waals surface area contributed by atoms with Crippen molar-refractivity contribution >= 4 is 33.6 Å². The number of nitrogens with zero attached hydrogens (tertiary/aromatic N) is 2. The van der Waals surface area contributed by atoms with Gasteiger partial charge in [-0.15, -0.1) is 22.7 Å². The van der Waals surface area contributed by atoms with Gasteiger partial charge in [0.25, 0.3) is 0 Å². The fourth-order valence-electron chi connectivity index (χ4n) is 1.86. The van der Waals surface area contributed by atoms with E-state index < -0.39 is 5.97 Å². The summed E-state index contributed by atoms with van der Waals surface area (Å²) in [7, 11) is 0. The number of aromatic nitrogens is 2. The Morgan fingerprint density at radius 1 is 1.50 bits per heavy atom. The Bertz CT molecular complexity index is 723. The summed E-state index contributed by atoms with van der Waals surface area (Å²) in [5, 5.41) is 12.7. The lowest BCUT2D eigenvalue weighted by Gasteiger charge is -1.94. The van der Waals surface area contributed by atoms with Crippen molar-refractivity contribution in [1.29, 1.82) is 0 Å². The van der Waals surface area contributed by atoms with Crippen LogP contribution in [0.1, 0.15) is 11.3 Å². The Morgan fingerprint density at radius 3 is 3.00 bits per heavy atom. The molecule has 0 saturated carbocycles. The van der Waals surface area contributed by atoms with Crippen LogP contribution >= 0.6 is 22.7 Å². The number of thiazole rings is 1. The molecule has 3 heterocycles. The largest absolute Gasteiger partial charge is 0.481 e. The van der Waals surface area contributed by atoms with Crippen molar-refractivity contribution in [1.82, 2.24) is 9.38 Å². The summed E-state index contributed by atoms with van der Waals surface area (Å²) in [5.74, 6) is -0.822. The molecule has 92 valence electrons. The van der Waals surface area contributed by atoms with Crippen molar-refractivity contribution in [3.05, 3.63) is 34.3 Å². The van der Waals surface area contributed by atoms with E-state index in [4.69, 9.17) is 5.11 Å². The molecule has 0 aliphatic carbocycles. The molecule has 4 nitrogen and oxygen atoms in total. The molecule has 0 unspecified atom stereocenters. The van der Waals surface area contributed by atoms with Crippen molar-refractivity contribution in [3.8, 4) is 10.6 Å². The number of thiophene rings is 1. The second kappa shape index (κ2) is 4.22. The maximum absolute atomic E-state index is 10.8. The molecule has 3 aromatic rings. The number of fused-ring (bicyclic) bond motifs is 1. The number of carbonyl (C=O) groups is 1. The first kappa shape index (κ1) is 11.4. The minimum Gasteiger partial charge on any atom is -0.481 e. The smallest absolute Gasteiger partial charge is 0.309 e. The van der Waals surface area contributed by atoms with E-state index in [9.17, 15) is 4.79 Å². The van der Waals surface area contributed by atoms with Gasteiger partial charge in [-0.3, -0.25) is 9.20 Å². The minimum atomic E-state index is -0.822. The van der Waals surface area contributed by atoms with E-state index in [1.807, 2.05) is 21.4 Å². The topological polar surface area (TPSA) is 54.6 Å². The predicted molar refractivity (Wildman–Crippen MR) is 72.5 cm³/mol. The number of carboxylic acid groups (broad SMARTS) is 1. The van der Waals surface area contributed by atoms with E-state index in [1.165, 1.54) is 16.9 Å². The van der Waals surface area contributed by atoms with Crippen LogP contribution < -0.4 is 0 Å². The van der Waals surface area contributed by atoms with Gasteiger partial charge in [-0.05, 0) is 23.9 Å². The molecule has 0 radical (unpaired) electrons. The lowest BCUT2D eigenvalue weighted by Crippen LogP contribution is -2.02. The Balaban J connectivity index is 2.09. The molecule has 0 fully saturated rings. The van der Waals surface area contributed by atoms with E-state index in [1.54, 1.807) is 11.3 Å². The molecule has 3 aromatic heterocycles. The predicted octanol–water partition coefficient (Wildman–Crippen LogP) is 3.06. The molecule has 0 aliphatic heterocycles. The highest BCUT2D eigenvalue weighted by atomic mass is 32.1. The summed E-state index contributed by atoms with van der Waals surface area (Å²) in [6.45, 7) is 2.05. The van der Waals surface area contributed by atoms with Gasteiger partial charge >= 0.3 is 5.97 Å².